The van der Waals surface area contributed by atoms with Crippen molar-refractivity contribution in [2.45, 2.75) is 0 Å². The molecule has 3 aromatic rings. The van der Waals surface area contributed by atoms with Crippen LogP contribution in [0.15, 0.2) is 59.1 Å². The van der Waals surface area contributed by atoms with Gasteiger partial charge in [-0.3, -0.25) is 4.79 Å². The number of hydrogen-bond acceptors (Lipinski definition) is 2. The highest BCUT2D eigenvalue weighted by molar-refractivity contribution is 9.10. The van der Waals surface area contributed by atoms with Gasteiger partial charge >= 0.3 is 0 Å². The van der Waals surface area contributed by atoms with Crippen molar-refractivity contribution in [2.24, 2.45) is 0 Å². The number of hydrogen-bond donors (Lipinski definition) is 1. The molecule has 0 spiro atoms. The molecule has 3 rings (SSSR count). The van der Waals surface area contributed by atoms with Crippen molar-refractivity contribution in [3.63, 3.8) is 0 Å². The van der Waals surface area contributed by atoms with Crippen molar-refractivity contribution >= 4 is 38.3 Å². The number of fused-ring (bicyclic) bond motifs is 1. The summed E-state index contributed by atoms with van der Waals surface area (Å²) in [6.07, 6.45) is 0. The normalized spacial score (nSPS) is 10.6. The zero-order valence-corrected chi connectivity index (χ0v) is 13.9. The topological polar surface area (TPSA) is 38.3 Å². The number of halogens is 3. The molecule has 0 aliphatic carbocycles. The van der Waals surface area contributed by atoms with Gasteiger partial charge in [-0.05, 0) is 44.9 Å². The highest BCUT2D eigenvalue weighted by atomic mass is 79.9. The summed E-state index contributed by atoms with van der Waals surface area (Å²) >= 11 is 3.47. The minimum absolute atomic E-state index is 0.167. The van der Waals surface area contributed by atoms with Crippen molar-refractivity contribution < 1.29 is 18.3 Å². The van der Waals surface area contributed by atoms with Crippen molar-refractivity contribution in [1.29, 1.82) is 0 Å². The Morgan fingerprint density at radius 1 is 1.04 bits per heavy atom. The Labute approximate surface area is 145 Å². The molecule has 6 heteroatoms. The van der Waals surface area contributed by atoms with Crippen LogP contribution in [0.1, 0.15) is 0 Å². The van der Waals surface area contributed by atoms with E-state index in [1.165, 1.54) is 6.07 Å². The SMILES string of the molecule is O=C(COc1ccc2ccccc2c1Br)Nc1ccc(F)c(F)c1. The molecule has 1 amide bonds. The van der Waals surface area contributed by atoms with Gasteiger partial charge in [0.2, 0.25) is 0 Å². The minimum atomic E-state index is -1.02. The third-order valence-corrected chi connectivity index (χ3v) is 4.21. The van der Waals surface area contributed by atoms with Gasteiger partial charge in [-0.25, -0.2) is 8.78 Å². The van der Waals surface area contributed by atoms with Crippen LogP contribution in [0.2, 0.25) is 0 Å². The number of rotatable bonds is 4. The number of nitrogens with one attached hydrogen (secondary N) is 1. The fraction of sp³-hybridized carbons (Fsp3) is 0.0556. The third kappa shape index (κ3) is 3.54. The van der Waals surface area contributed by atoms with E-state index < -0.39 is 17.5 Å². The molecular formula is C18H12BrF2NO2. The second-order valence-corrected chi connectivity index (χ2v) is 5.86. The molecule has 122 valence electrons. The standard InChI is InChI=1S/C18H12BrF2NO2/c19-18-13-4-2-1-3-11(13)5-8-16(18)24-10-17(23)22-12-6-7-14(20)15(21)9-12/h1-9H,10H2,(H,22,23). The van der Waals surface area contributed by atoms with Gasteiger partial charge in [-0.1, -0.05) is 30.3 Å². The predicted octanol–water partition coefficient (Wildman–Crippen LogP) is 4.90. The summed E-state index contributed by atoms with van der Waals surface area (Å²) in [6.45, 7) is -0.254. The van der Waals surface area contributed by atoms with Crippen molar-refractivity contribution in [3.05, 3.63) is 70.7 Å². The average Bonchev–Trinajstić information content (AvgIpc) is 2.58. The number of ether oxygens (including phenoxy) is 1. The van der Waals surface area contributed by atoms with Gasteiger partial charge in [-0.15, -0.1) is 0 Å². The molecule has 0 saturated carbocycles. The van der Waals surface area contributed by atoms with Gasteiger partial charge in [0.05, 0.1) is 4.47 Å². The molecule has 0 heterocycles. The maximum atomic E-state index is 13.1. The first-order valence-corrected chi connectivity index (χ1v) is 7.89. The fourth-order valence-electron chi connectivity index (χ4n) is 2.24. The molecule has 0 fully saturated rings. The van der Waals surface area contributed by atoms with E-state index in [0.717, 1.165) is 27.4 Å². The largest absolute Gasteiger partial charge is 0.483 e. The Bertz CT molecular complexity index is 915. The van der Waals surface area contributed by atoms with E-state index in [4.69, 9.17) is 4.74 Å². The Balaban J connectivity index is 1.68. The molecule has 0 saturated heterocycles. The van der Waals surface area contributed by atoms with Gasteiger partial charge in [0, 0.05) is 11.8 Å². The van der Waals surface area contributed by atoms with Crippen LogP contribution in [0.4, 0.5) is 14.5 Å². The number of benzene rings is 3. The second kappa shape index (κ2) is 6.97. The monoisotopic (exact) mass is 391 g/mol. The highest BCUT2D eigenvalue weighted by Crippen LogP contribution is 2.33. The third-order valence-electron chi connectivity index (χ3n) is 3.39. The van der Waals surface area contributed by atoms with Crippen LogP contribution >= 0.6 is 15.9 Å². The Kier molecular flexibility index (Phi) is 4.76. The first-order valence-electron chi connectivity index (χ1n) is 7.09. The van der Waals surface area contributed by atoms with E-state index in [2.05, 4.69) is 21.2 Å². The molecule has 0 unspecified atom stereocenters. The summed E-state index contributed by atoms with van der Waals surface area (Å²) in [4.78, 5) is 11.9. The smallest absolute Gasteiger partial charge is 0.262 e. The van der Waals surface area contributed by atoms with Gasteiger partial charge < -0.3 is 10.1 Å². The highest BCUT2D eigenvalue weighted by Gasteiger charge is 2.10. The molecule has 0 atom stereocenters. The molecule has 24 heavy (non-hydrogen) atoms. The van der Waals surface area contributed by atoms with Crippen LogP contribution < -0.4 is 10.1 Å². The molecule has 3 nitrogen and oxygen atoms in total. The van der Waals surface area contributed by atoms with Crippen molar-refractivity contribution in [1.82, 2.24) is 0 Å². The molecule has 0 bridgehead atoms. The lowest BCUT2D eigenvalue weighted by molar-refractivity contribution is -0.118. The summed E-state index contributed by atoms with van der Waals surface area (Å²) in [5, 5.41) is 4.46. The van der Waals surface area contributed by atoms with Crippen molar-refractivity contribution in [2.75, 3.05) is 11.9 Å². The molecule has 0 aromatic heterocycles. The lowest BCUT2D eigenvalue weighted by Gasteiger charge is -2.11. The Morgan fingerprint density at radius 2 is 1.83 bits per heavy atom. The van der Waals surface area contributed by atoms with Gasteiger partial charge in [-0.2, -0.15) is 0 Å². The van der Waals surface area contributed by atoms with E-state index in [1.54, 1.807) is 6.07 Å². The molecular weight excluding hydrogens is 380 g/mol. The van der Waals surface area contributed by atoms with E-state index in [1.807, 2.05) is 30.3 Å². The van der Waals surface area contributed by atoms with Gasteiger partial charge in [0.25, 0.3) is 5.91 Å². The first kappa shape index (κ1) is 16.4. The quantitative estimate of drug-likeness (QED) is 0.686. The molecule has 0 radical (unpaired) electrons. The van der Waals surface area contributed by atoms with E-state index in [0.29, 0.717) is 5.75 Å². The zero-order valence-electron chi connectivity index (χ0n) is 12.4. The van der Waals surface area contributed by atoms with Crippen LogP contribution in [0.25, 0.3) is 10.8 Å². The fourth-order valence-corrected chi connectivity index (χ4v) is 2.85. The van der Waals surface area contributed by atoms with Crippen LogP contribution in [-0.4, -0.2) is 12.5 Å². The van der Waals surface area contributed by atoms with Crippen LogP contribution in [0, 0.1) is 11.6 Å². The second-order valence-electron chi connectivity index (χ2n) is 5.06. The predicted molar refractivity (Wildman–Crippen MR) is 92.1 cm³/mol. The summed E-state index contributed by atoms with van der Waals surface area (Å²) < 4.78 is 32.2. The molecule has 3 aromatic carbocycles. The molecule has 1 N–H and O–H groups in total. The lowest BCUT2D eigenvalue weighted by atomic mass is 10.1. The maximum Gasteiger partial charge on any atom is 0.262 e. The van der Waals surface area contributed by atoms with Crippen molar-refractivity contribution in [3.8, 4) is 5.75 Å². The average molecular weight is 392 g/mol. The van der Waals surface area contributed by atoms with E-state index in [-0.39, 0.29) is 12.3 Å². The molecule has 0 aliphatic heterocycles. The van der Waals surface area contributed by atoms with Crippen LogP contribution in [0.3, 0.4) is 0 Å². The number of anilines is 1. The summed E-state index contributed by atoms with van der Waals surface area (Å²) in [7, 11) is 0. The summed E-state index contributed by atoms with van der Waals surface area (Å²) in [5.74, 6) is -1.94. The number of carbonyl (C=O) groups excluding carboxylic acids is 1. The van der Waals surface area contributed by atoms with Crippen LogP contribution in [-0.2, 0) is 4.79 Å². The number of amides is 1. The van der Waals surface area contributed by atoms with E-state index in [9.17, 15) is 13.6 Å². The lowest BCUT2D eigenvalue weighted by Crippen LogP contribution is -2.20. The number of carbonyl (C=O) groups is 1. The summed E-state index contributed by atoms with van der Waals surface area (Å²) in [5.41, 5.74) is 0.167. The molecule has 0 aliphatic rings. The Hall–Kier alpha value is -2.47. The minimum Gasteiger partial charge on any atom is -0.483 e. The maximum absolute atomic E-state index is 13.1. The summed E-state index contributed by atoms with van der Waals surface area (Å²) in [6, 6.07) is 14.6. The van der Waals surface area contributed by atoms with E-state index >= 15 is 0 Å². The van der Waals surface area contributed by atoms with Crippen LogP contribution in [0.5, 0.6) is 5.75 Å². The Morgan fingerprint density at radius 3 is 2.62 bits per heavy atom. The first-order chi connectivity index (χ1) is 11.5. The zero-order chi connectivity index (χ0) is 17.1. The van der Waals surface area contributed by atoms with Gasteiger partial charge in [0.1, 0.15) is 5.75 Å². The van der Waals surface area contributed by atoms with Gasteiger partial charge in [0.15, 0.2) is 18.2 Å².